The Balaban J connectivity index is 1.98. The Kier molecular flexibility index (Phi) is 7.97. The fourth-order valence-corrected chi connectivity index (χ4v) is 4.55. The Bertz CT molecular complexity index is 861. The Morgan fingerprint density at radius 3 is 2.33 bits per heavy atom. The number of sulfonamides is 1. The lowest BCUT2D eigenvalue weighted by Gasteiger charge is -2.28. The highest BCUT2D eigenvalue weighted by molar-refractivity contribution is 8.10. The number of halogens is 5. The van der Waals surface area contributed by atoms with Crippen molar-refractivity contribution in [3.05, 3.63) is 39.4 Å². The predicted octanol–water partition coefficient (Wildman–Crippen LogP) is 4.01. The van der Waals surface area contributed by atoms with Gasteiger partial charge in [0.25, 0.3) is 15.7 Å². The number of hydrogen-bond acceptors (Lipinski definition) is 8. The van der Waals surface area contributed by atoms with Gasteiger partial charge in [0.2, 0.25) is 0 Å². The molecule has 1 aromatic rings. The van der Waals surface area contributed by atoms with E-state index in [-0.39, 0.29) is 13.1 Å². The maximum atomic E-state index is 14.0. The molecule has 1 fully saturated rings. The van der Waals surface area contributed by atoms with Crippen molar-refractivity contribution in [3.63, 3.8) is 0 Å². The third-order valence-corrected chi connectivity index (χ3v) is 6.82. The molecule has 1 aromatic carbocycles. The van der Waals surface area contributed by atoms with E-state index in [0.29, 0.717) is 29.6 Å². The molecule has 0 bridgehead atoms. The smallest absolute Gasteiger partial charge is 0.258 e. The zero-order valence-electron chi connectivity index (χ0n) is 14.9. The fourth-order valence-electron chi connectivity index (χ4n) is 2.62. The number of rotatable bonds is 9. The monoisotopic (exact) mass is 482 g/mol. The van der Waals surface area contributed by atoms with E-state index in [1.54, 1.807) is 0 Å². The maximum Gasteiger partial charge on any atom is 0.433 e. The third kappa shape index (κ3) is 5.76. The first kappa shape index (κ1) is 24.7. The third-order valence-electron chi connectivity index (χ3n) is 4.02. The van der Waals surface area contributed by atoms with Crippen LogP contribution in [0, 0.1) is 10.1 Å². The van der Waals surface area contributed by atoms with Crippen molar-refractivity contribution in [1.29, 1.82) is 0 Å². The lowest BCUT2D eigenvalue weighted by Crippen LogP contribution is -2.44. The van der Waals surface area contributed by atoms with E-state index in [1.165, 1.54) is 0 Å². The summed E-state index contributed by atoms with van der Waals surface area (Å²) in [5.41, 5.74) is -3.28. The number of piperidine rings is 1. The topological polar surface area (TPSA) is 108 Å². The molecular formula is C14H15F5N2O7S2. The van der Waals surface area contributed by atoms with Crippen molar-refractivity contribution in [2.24, 2.45) is 0 Å². The second-order valence-electron chi connectivity index (χ2n) is 5.97. The average Bonchev–Trinajstić information content (AvgIpc) is 2.67. The Hall–Kier alpha value is -1.59. The predicted molar refractivity (Wildman–Crippen MR) is 91.9 cm³/mol. The van der Waals surface area contributed by atoms with E-state index in [9.17, 15) is 40.5 Å². The molecule has 0 amide bonds. The highest BCUT2D eigenvalue weighted by Crippen LogP contribution is 2.39. The molecule has 0 spiro atoms. The van der Waals surface area contributed by atoms with E-state index in [2.05, 4.69) is 14.3 Å². The second-order valence-corrected chi connectivity index (χ2v) is 9.02. The summed E-state index contributed by atoms with van der Waals surface area (Å²) in [6.45, 7) is -1.36. The van der Waals surface area contributed by atoms with Crippen LogP contribution in [0.1, 0.15) is 30.4 Å². The SMILES string of the molecule is O=[N+]([O-])c1cccc(C(F)(F)F)c1COOOSC(F)(F)S(=O)(=O)N1CCCCC1. The van der Waals surface area contributed by atoms with Crippen LogP contribution in [0.2, 0.25) is 0 Å². The molecule has 1 saturated heterocycles. The molecule has 0 saturated carbocycles. The van der Waals surface area contributed by atoms with Gasteiger partial charge in [-0.2, -0.15) is 26.3 Å². The molecule has 0 aromatic heterocycles. The van der Waals surface area contributed by atoms with Gasteiger partial charge in [-0.3, -0.25) is 10.1 Å². The van der Waals surface area contributed by atoms with Gasteiger partial charge in [0.1, 0.15) is 18.6 Å². The molecule has 1 aliphatic rings. The fraction of sp³-hybridized carbons (Fsp3) is 0.571. The van der Waals surface area contributed by atoms with Gasteiger partial charge in [-0.05, 0) is 18.9 Å². The number of benzene rings is 1. The Morgan fingerprint density at radius 2 is 1.77 bits per heavy atom. The van der Waals surface area contributed by atoms with Crippen LogP contribution >= 0.6 is 12.0 Å². The number of nitro groups is 1. The Morgan fingerprint density at radius 1 is 1.13 bits per heavy atom. The molecule has 0 N–H and O–H groups in total. The number of hydrogen-bond donors (Lipinski definition) is 0. The molecule has 0 radical (unpaired) electrons. The molecule has 0 atom stereocenters. The first-order valence-corrected chi connectivity index (χ1v) is 10.4. The molecule has 170 valence electrons. The highest BCUT2D eigenvalue weighted by atomic mass is 32.3. The van der Waals surface area contributed by atoms with Crippen LogP contribution in [-0.2, 0) is 37.1 Å². The van der Waals surface area contributed by atoms with Gasteiger partial charge in [-0.25, -0.2) is 13.3 Å². The quantitative estimate of drug-likeness (QED) is 0.130. The zero-order chi connectivity index (χ0) is 22.6. The van der Waals surface area contributed by atoms with Gasteiger partial charge in [0.15, 0.2) is 0 Å². The van der Waals surface area contributed by atoms with Crippen molar-refractivity contribution in [2.75, 3.05) is 13.1 Å². The van der Waals surface area contributed by atoms with Crippen LogP contribution < -0.4 is 0 Å². The lowest BCUT2D eigenvalue weighted by atomic mass is 10.1. The molecule has 1 aliphatic heterocycles. The highest BCUT2D eigenvalue weighted by Gasteiger charge is 2.51. The molecule has 0 unspecified atom stereocenters. The minimum absolute atomic E-state index is 0.0895. The molecular weight excluding hydrogens is 467 g/mol. The zero-order valence-corrected chi connectivity index (χ0v) is 16.6. The van der Waals surface area contributed by atoms with E-state index < -0.39 is 61.2 Å². The van der Waals surface area contributed by atoms with Crippen molar-refractivity contribution in [3.8, 4) is 0 Å². The van der Waals surface area contributed by atoms with Gasteiger partial charge >= 0.3 is 10.8 Å². The van der Waals surface area contributed by atoms with Crippen LogP contribution in [-0.4, -0.2) is 35.3 Å². The van der Waals surface area contributed by atoms with Crippen LogP contribution in [0.25, 0.3) is 0 Å². The minimum atomic E-state index is -5.08. The summed E-state index contributed by atoms with van der Waals surface area (Å²) in [4.78, 5) is 14.0. The largest absolute Gasteiger partial charge is 0.433 e. The van der Waals surface area contributed by atoms with E-state index in [0.717, 1.165) is 12.1 Å². The van der Waals surface area contributed by atoms with Crippen molar-refractivity contribution in [1.82, 2.24) is 4.31 Å². The van der Waals surface area contributed by atoms with Crippen LogP contribution in [0.5, 0.6) is 0 Å². The second kappa shape index (κ2) is 9.69. The van der Waals surface area contributed by atoms with Crippen molar-refractivity contribution >= 4 is 27.8 Å². The normalized spacial score (nSPS) is 16.6. The summed E-state index contributed by atoms with van der Waals surface area (Å²) in [5, 5.41) is 14.8. The summed E-state index contributed by atoms with van der Waals surface area (Å²) in [6, 6.07) is 2.15. The summed E-state index contributed by atoms with van der Waals surface area (Å²) >= 11 is -0.932. The molecule has 30 heavy (non-hydrogen) atoms. The molecule has 0 aliphatic carbocycles. The van der Waals surface area contributed by atoms with Crippen molar-refractivity contribution in [2.45, 2.75) is 36.6 Å². The average molecular weight is 482 g/mol. The van der Waals surface area contributed by atoms with E-state index >= 15 is 0 Å². The summed E-state index contributed by atoms with van der Waals surface area (Å²) in [6.07, 6.45) is -3.44. The van der Waals surface area contributed by atoms with Gasteiger partial charge in [0, 0.05) is 19.2 Å². The van der Waals surface area contributed by atoms with Gasteiger partial charge in [-0.15, -0.1) is 4.33 Å². The van der Waals surface area contributed by atoms with Crippen LogP contribution in [0.3, 0.4) is 0 Å². The lowest BCUT2D eigenvalue weighted by molar-refractivity contribution is -0.468. The van der Waals surface area contributed by atoms with Gasteiger partial charge in [0.05, 0.1) is 16.1 Å². The van der Waals surface area contributed by atoms with E-state index in [1.807, 2.05) is 0 Å². The molecule has 1 heterocycles. The number of alkyl halides is 5. The molecule has 2 rings (SSSR count). The minimum Gasteiger partial charge on any atom is -0.258 e. The van der Waals surface area contributed by atoms with Crippen LogP contribution in [0.15, 0.2) is 18.2 Å². The van der Waals surface area contributed by atoms with Crippen LogP contribution in [0.4, 0.5) is 27.6 Å². The maximum absolute atomic E-state index is 14.0. The number of nitrogens with zero attached hydrogens (tertiary/aromatic N) is 2. The first-order valence-electron chi connectivity index (χ1n) is 8.23. The number of nitro benzene ring substituents is 1. The standard InChI is InChI=1S/C14H15F5N2O7S2/c15-13(16,17)11-5-4-6-12(21(22)23)10(11)9-26-27-28-29-14(18,19)30(24,25)20-7-2-1-3-8-20/h4-6H,1-3,7-9H2. The summed E-state index contributed by atoms with van der Waals surface area (Å²) in [7, 11) is -5.08. The van der Waals surface area contributed by atoms with Gasteiger partial charge < -0.3 is 0 Å². The molecule has 16 heteroatoms. The first-order chi connectivity index (χ1) is 13.9. The van der Waals surface area contributed by atoms with Gasteiger partial charge in [-0.1, -0.05) is 17.5 Å². The van der Waals surface area contributed by atoms with E-state index in [4.69, 9.17) is 0 Å². The van der Waals surface area contributed by atoms with Crippen molar-refractivity contribution < 1.29 is 49.6 Å². The summed E-state index contributed by atoms with van der Waals surface area (Å²) in [5.74, 6) is 0. The Labute approximate surface area is 171 Å². The summed E-state index contributed by atoms with van der Waals surface area (Å²) < 4.78 is 90.9. The molecule has 9 nitrogen and oxygen atoms in total.